The normalized spacial score (nSPS) is 12.3. The van der Waals surface area contributed by atoms with Crippen LogP contribution in [0, 0.1) is 0 Å². The molecule has 0 spiro atoms. The molecule has 106 valence electrons. The molecule has 0 fully saturated rings. The first-order valence-corrected chi connectivity index (χ1v) is 7.46. The first kappa shape index (κ1) is 15.9. The Balaban J connectivity index is 2.11. The zero-order valence-electron chi connectivity index (χ0n) is 11.9. The molecule has 0 amide bonds. The number of ketones is 1. The fourth-order valence-electron chi connectivity index (χ4n) is 2.19. The van der Waals surface area contributed by atoms with E-state index in [0.29, 0.717) is 25.7 Å². The zero-order valence-corrected chi connectivity index (χ0v) is 11.9. The zero-order chi connectivity index (χ0) is 13.9. The fraction of sp³-hybridized carbons (Fsp3) is 0.588. The Hall–Kier alpha value is -1.18. The minimum absolute atomic E-state index is 0.124. The van der Waals surface area contributed by atoms with Crippen LogP contribution in [0.2, 0.25) is 0 Å². The molecule has 0 radical (unpaired) electrons. The fourth-order valence-corrected chi connectivity index (χ4v) is 2.19. The second-order valence-electron chi connectivity index (χ2n) is 5.13. The van der Waals surface area contributed by atoms with Crippen LogP contribution in [-0.2, 0) is 0 Å². The van der Waals surface area contributed by atoms with Gasteiger partial charge >= 0.3 is 0 Å². The van der Waals surface area contributed by atoms with Crippen LogP contribution < -0.4 is 0 Å². The maximum atomic E-state index is 13.6. The van der Waals surface area contributed by atoms with Gasteiger partial charge in [-0.05, 0) is 19.3 Å². The van der Waals surface area contributed by atoms with Gasteiger partial charge in [-0.15, -0.1) is 0 Å². The summed E-state index contributed by atoms with van der Waals surface area (Å²) in [5.74, 6) is 0.124. The van der Waals surface area contributed by atoms with Crippen molar-refractivity contribution in [3.8, 4) is 0 Å². The maximum Gasteiger partial charge on any atom is 0.162 e. The van der Waals surface area contributed by atoms with Crippen molar-refractivity contribution in [2.24, 2.45) is 0 Å². The minimum atomic E-state index is -0.736. The lowest BCUT2D eigenvalue weighted by Crippen LogP contribution is -2.03. The number of unbranched alkanes of at least 4 members (excludes halogenated alkanes) is 3. The van der Waals surface area contributed by atoms with Crippen LogP contribution in [0.5, 0.6) is 0 Å². The van der Waals surface area contributed by atoms with Gasteiger partial charge in [0.2, 0.25) is 0 Å². The first-order chi connectivity index (χ1) is 9.24. The molecule has 1 nitrogen and oxygen atoms in total. The number of hydrogen-bond donors (Lipinski definition) is 0. The Morgan fingerprint density at radius 3 is 2.42 bits per heavy atom. The standard InChI is InChI=1S/C17H25FO/c1-2-3-4-8-12-16(18)13-9-14-17(19)15-10-6-5-7-11-15/h5-7,10-11,16H,2-4,8-9,12-14H2,1H3. The molecule has 0 saturated heterocycles. The topological polar surface area (TPSA) is 17.1 Å². The van der Waals surface area contributed by atoms with Crippen molar-refractivity contribution < 1.29 is 9.18 Å². The van der Waals surface area contributed by atoms with Crippen molar-refractivity contribution in [1.29, 1.82) is 0 Å². The van der Waals surface area contributed by atoms with Crippen LogP contribution in [0.1, 0.15) is 68.6 Å². The van der Waals surface area contributed by atoms with E-state index in [9.17, 15) is 9.18 Å². The number of alkyl halides is 1. The Morgan fingerprint density at radius 2 is 1.74 bits per heavy atom. The van der Waals surface area contributed by atoms with Crippen LogP contribution >= 0.6 is 0 Å². The van der Waals surface area contributed by atoms with E-state index in [4.69, 9.17) is 0 Å². The molecule has 0 saturated carbocycles. The predicted molar refractivity (Wildman–Crippen MR) is 78.3 cm³/mol. The van der Waals surface area contributed by atoms with E-state index in [2.05, 4.69) is 6.92 Å². The Kier molecular flexibility index (Phi) is 8.11. The van der Waals surface area contributed by atoms with E-state index in [1.54, 1.807) is 0 Å². The summed E-state index contributed by atoms with van der Waals surface area (Å²) in [6.07, 6.45) is 6.02. The lowest BCUT2D eigenvalue weighted by atomic mass is 10.0. The molecule has 1 rings (SSSR count). The highest BCUT2D eigenvalue weighted by molar-refractivity contribution is 5.95. The van der Waals surface area contributed by atoms with E-state index in [1.807, 2.05) is 30.3 Å². The molecule has 0 aliphatic rings. The van der Waals surface area contributed by atoms with Crippen molar-refractivity contribution in [3.63, 3.8) is 0 Å². The third-order valence-corrected chi connectivity index (χ3v) is 3.39. The summed E-state index contributed by atoms with van der Waals surface area (Å²) in [5, 5.41) is 0. The van der Waals surface area contributed by atoms with Crippen LogP contribution in [0.25, 0.3) is 0 Å². The molecule has 0 heterocycles. The largest absolute Gasteiger partial charge is 0.294 e. The van der Waals surface area contributed by atoms with E-state index in [0.717, 1.165) is 18.4 Å². The summed E-state index contributed by atoms with van der Waals surface area (Å²) >= 11 is 0. The molecule has 1 aromatic rings. The molecular formula is C17H25FO. The SMILES string of the molecule is CCCCCCC(F)CCCC(=O)c1ccccc1. The van der Waals surface area contributed by atoms with Crippen LogP contribution in [0.4, 0.5) is 4.39 Å². The van der Waals surface area contributed by atoms with Crippen molar-refractivity contribution in [2.45, 2.75) is 64.5 Å². The molecular weight excluding hydrogens is 239 g/mol. The summed E-state index contributed by atoms with van der Waals surface area (Å²) in [7, 11) is 0. The number of carbonyl (C=O) groups excluding carboxylic acids is 1. The monoisotopic (exact) mass is 264 g/mol. The van der Waals surface area contributed by atoms with Crippen molar-refractivity contribution in [2.75, 3.05) is 0 Å². The highest BCUT2D eigenvalue weighted by Gasteiger charge is 2.09. The van der Waals surface area contributed by atoms with E-state index < -0.39 is 6.17 Å². The summed E-state index contributed by atoms with van der Waals surface area (Å²) in [4.78, 5) is 11.8. The third-order valence-electron chi connectivity index (χ3n) is 3.39. The summed E-state index contributed by atoms with van der Waals surface area (Å²) in [6.45, 7) is 2.15. The van der Waals surface area contributed by atoms with E-state index in [-0.39, 0.29) is 5.78 Å². The second kappa shape index (κ2) is 9.71. The number of benzene rings is 1. The van der Waals surface area contributed by atoms with Gasteiger partial charge in [-0.25, -0.2) is 4.39 Å². The maximum absolute atomic E-state index is 13.6. The molecule has 1 unspecified atom stereocenters. The van der Waals surface area contributed by atoms with Crippen molar-refractivity contribution in [3.05, 3.63) is 35.9 Å². The first-order valence-electron chi connectivity index (χ1n) is 7.46. The van der Waals surface area contributed by atoms with E-state index in [1.165, 1.54) is 12.8 Å². The molecule has 0 bridgehead atoms. The average Bonchev–Trinajstić information content (AvgIpc) is 2.44. The Morgan fingerprint density at radius 1 is 1.05 bits per heavy atom. The summed E-state index contributed by atoms with van der Waals surface area (Å²) < 4.78 is 13.6. The second-order valence-corrected chi connectivity index (χ2v) is 5.13. The lowest BCUT2D eigenvalue weighted by molar-refractivity contribution is 0.0976. The molecule has 0 N–H and O–H groups in total. The van der Waals surface area contributed by atoms with Gasteiger partial charge in [0.05, 0.1) is 0 Å². The van der Waals surface area contributed by atoms with Gasteiger partial charge in [0.15, 0.2) is 5.78 Å². The highest BCUT2D eigenvalue weighted by Crippen LogP contribution is 2.15. The van der Waals surface area contributed by atoms with Crippen molar-refractivity contribution in [1.82, 2.24) is 0 Å². The third kappa shape index (κ3) is 7.09. The number of carbonyl (C=O) groups is 1. The number of hydrogen-bond acceptors (Lipinski definition) is 1. The molecule has 0 aromatic heterocycles. The van der Waals surface area contributed by atoms with Gasteiger partial charge in [-0.3, -0.25) is 4.79 Å². The lowest BCUT2D eigenvalue weighted by Gasteiger charge is -2.07. The quantitative estimate of drug-likeness (QED) is 0.411. The van der Waals surface area contributed by atoms with Gasteiger partial charge in [-0.2, -0.15) is 0 Å². The van der Waals surface area contributed by atoms with Gasteiger partial charge in [0.1, 0.15) is 6.17 Å². The van der Waals surface area contributed by atoms with Crippen LogP contribution in [0.15, 0.2) is 30.3 Å². The molecule has 1 atom stereocenters. The Bertz CT molecular complexity index is 348. The van der Waals surface area contributed by atoms with Gasteiger partial charge in [0.25, 0.3) is 0 Å². The number of halogens is 1. The molecule has 0 aliphatic carbocycles. The minimum Gasteiger partial charge on any atom is -0.294 e. The average molecular weight is 264 g/mol. The van der Waals surface area contributed by atoms with Gasteiger partial charge in [-0.1, -0.05) is 62.9 Å². The van der Waals surface area contributed by atoms with Gasteiger partial charge in [0, 0.05) is 12.0 Å². The number of rotatable bonds is 10. The number of Topliss-reactive ketones (excluding diaryl/α,β-unsaturated/α-hetero) is 1. The van der Waals surface area contributed by atoms with Crippen molar-refractivity contribution >= 4 is 5.78 Å². The van der Waals surface area contributed by atoms with Crippen LogP contribution in [0.3, 0.4) is 0 Å². The smallest absolute Gasteiger partial charge is 0.162 e. The molecule has 0 aliphatic heterocycles. The summed E-state index contributed by atoms with van der Waals surface area (Å²) in [6, 6.07) is 9.25. The molecule has 1 aromatic carbocycles. The van der Waals surface area contributed by atoms with E-state index >= 15 is 0 Å². The van der Waals surface area contributed by atoms with Gasteiger partial charge < -0.3 is 0 Å². The highest BCUT2D eigenvalue weighted by atomic mass is 19.1. The molecule has 19 heavy (non-hydrogen) atoms. The van der Waals surface area contributed by atoms with Crippen LogP contribution in [-0.4, -0.2) is 12.0 Å². The predicted octanol–water partition coefficient (Wildman–Crippen LogP) is 5.35. The molecule has 2 heteroatoms. The summed E-state index contributed by atoms with van der Waals surface area (Å²) in [5.41, 5.74) is 0.737. The Labute approximate surface area is 116 Å².